The summed E-state index contributed by atoms with van der Waals surface area (Å²) in [6, 6.07) is 11.7. The fourth-order valence-corrected chi connectivity index (χ4v) is 2.86. The first-order valence-electron chi connectivity index (χ1n) is 6.96. The third kappa shape index (κ3) is 3.24. The predicted octanol–water partition coefficient (Wildman–Crippen LogP) is 4.68. The standard InChI is InChI=1S/C17H11N3O3S/c1-11-10-24-17(19-11)13(9-18)8-15-6-7-16(23-15)12-2-4-14(5-3-12)20(21)22/h2-8,10H,1H3/b13-8+. The number of benzene rings is 1. The minimum absolute atomic E-state index is 0.0244. The summed E-state index contributed by atoms with van der Waals surface area (Å²) >= 11 is 1.40. The van der Waals surface area contributed by atoms with Gasteiger partial charge in [-0.3, -0.25) is 10.1 Å². The number of hydrogen-bond donors (Lipinski definition) is 0. The Morgan fingerprint density at radius 2 is 2.08 bits per heavy atom. The van der Waals surface area contributed by atoms with E-state index in [-0.39, 0.29) is 5.69 Å². The summed E-state index contributed by atoms with van der Waals surface area (Å²) in [5.41, 5.74) is 2.04. The lowest BCUT2D eigenvalue weighted by atomic mass is 10.1. The Morgan fingerprint density at radius 3 is 2.67 bits per heavy atom. The van der Waals surface area contributed by atoms with E-state index in [4.69, 9.17) is 4.42 Å². The number of allylic oxidation sites excluding steroid dienone is 1. The molecular formula is C17H11N3O3S. The zero-order valence-electron chi connectivity index (χ0n) is 12.6. The largest absolute Gasteiger partial charge is 0.457 e. The molecule has 0 amide bonds. The molecule has 0 aliphatic rings. The smallest absolute Gasteiger partial charge is 0.269 e. The summed E-state index contributed by atoms with van der Waals surface area (Å²) in [7, 11) is 0. The number of hydrogen-bond acceptors (Lipinski definition) is 6. The van der Waals surface area contributed by atoms with Gasteiger partial charge in [-0.15, -0.1) is 11.3 Å². The highest BCUT2D eigenvalue weighted by molar-refractivity contribution is 7.11. The third-order valence-corrected chi connectivity index (χ3v) is 4.24. The van der Waals surface area contributed by atoms with Crippen LogP contribution in [0.25, 0.3) is 23.0 Å². The van der Waals surface area contributed by atoms with Crippen LogP contribution in [0.15, 0.2) is 46.2 Å². The molecule has 2 aromatic heterocycles. The molecule has 0 radical (unpaired) electrons. The van der Waals surface area contributed by atoms with Gasteiger partial charge in [0.15, 0.2) is 0 Å². The van der Waals surface area contributed by atoms with Crippen molar-refractivity contribution in [3.63, 3.8) is 0 Å². The Hall–Kier alpha value is -3.24. The van der Waals surface area contributed by atoms with Gasteiger partial charge in [0, 0.05) is 34.8 Å². The van der Waals surface area contributed by atoms with Crippen LogP contribution in [0, 0.1) is 28.4 Å². The SMILES string of the molecule is Cc1csc(/C(C#N)=C/c2ccc(-c3ccc([N+](=O)[O-])cc3)o2)n1. The second-order valence-corrected chi connectivity index (χ2v) is 5.83. The van der Waals surface area contributed by atoms with E-state index in [2.05, 4.69) is 11.1 Å². The molecule has 0 spiro atoms. The van der Waals surface area contributed by atoms with Gasteiger partial charge in [-0.25, -0.2) is 4.98 Å². The van der Waals surface area contributed by atoms with Gasteiger partial charge in [0.05, 0.1) is 10.5 Å². The van der Waals surface area contributed by atoms with Gasteiger partial charge in [0.25, 0.3) is 5.69 Å². The number of nitro benzene ring substituents is 1. The van der Waals surface area contributed by atoms with Crippen LogP contribution in [0.4, 0.5) is 5.69 Å². The summed E-state index contributed by atoms with van der Waals surface area (Å²) < 4.78 is 5.71. The van der Waals surface area contributed by atoms with E-state index < -0.39 is 4.92 Å². The highest BCUT2D eigenvalue weighted by Gasteiger charge is 2.10. The van der Waals surface area contributed by atoms with E-state index in [0.29, 0.717) is 22.1 Å². The van der Waals surface area contributed by atoms with Crippen LogP contribution in [0.2, 0.25) is 0 Å². The van der Waals surface area contributed by atoms with E-state index in [0.717, 1.165) is 11.3 Å². The molecule has 0 aliphatic heterocycles. The van der Waals surface area contributed by atoms with Crippen molar-refractivity contribution in [2.45, 2.75) is 6.92 Å². The lowest BCUT2D eigenvalue weighted by molar-refractivity contribution is -0.384. The number of non-ortho nitro benzene ring substituents is 1. The van der Waals surface area contributed by atoms with Crippen LogP contribution in [0.5, 0.6) is 0 Å². The van der Waals surface area contributed by atoms with Crippen LogP contribution >= 0.6 is 11.3 Å². The molecule has 2 heterocycles. The number of thiazole rings is 1. The third-order valence-electron chi connectivity index (χ3n) is 3.25. The summed E-state index contributed by atoms with van der Waals surface area (Å²) in [5.74, 6) is 1.09. The molecule has 0 N–H and O–H groups in total. The highest BCUT2D eigenvalue weighted by atomic mass is 32.1. The second-order valence-electron chi connectivity index (χ2n) is 4.97. The monoisotopic (exact) mass is 337 g/mol. The summed E-state index contributed by atoms with van der Waals surface area (Å²) in [4.78, 5) is 14.5. The number of rotatable bonds is 4. The van der Waals surface area contributed by atoms with Crippen LogP contribution < -0.4 is 0 Å². The lowest BCUT2D eigenvalue weighted by Crippen LogP contribution is -1.86. The van der Waals surface area contributed by atoms with Gasteiger partial charge in [-0.2, -0.15) is 5.26 Å². The minimum Gasteiger partial charge on any atom is -0.457 e. The van der Waals surface area contributed by atoms with E-state index in [1.54, 1.807) is 30.3 Å². The molecule has 3 aromatic rings. The first-order valence-corrected chi connectivity index (χ1v) is 7.84. The zero-order valence-corrected chi connectivity index (χ0v) is 13.4. The predicted molar refractivity (Wildman–Crippen MR) is 91.1 cm³/mol. The van der Waals surface area contributed by atoms with Crippen LogP contribution in [-0.2, 0) is 0 Å². The Labute approximate surface area is 141 Å². The number of nitrogens with zero attached hydrogens (tertiary/aromatic N) is 3. The van der Waals surface area contributed by atoms with Crippen molar-refractivity contribution in [3.8, 4) is 17.4 Å². The van der Waals surface area contributed by atoms with Crippen molar-refractivity contribution in [2.24, 2.45) is 0 Å². The molecule has 0 aliphatic carbocycles. The molecule has 0 unspecified atom stereocenters. The van der Waals surface area contributed by atoms with Gasteiger partial charge < -0.3 is 4.42 Å². The molecule has 0 saturated carbocycles. The normalized spacial score (nSPS) is 11.2. The molecule has 0 atom stereocenters. The van der Waals surface area contributed by atoms with E-state index in [1.807, 2.05) is 12.3 Å². The topological polar surface area (TPSA) is 93.0 Å². The lowest BCUT2D eigenvalue weighted by Gasteiger charge is -1.96. The molecule has 0 bridgehead atoms. The van der Waals surface area contributed by atoms with Gasteiger partial charge in [-0.1, -0.05) is 0 Å². The molecular weight excluding hydrogens is 326 g/mol. The minimum atomic E-state index is -0.449. The summed E-state index contributed by atoms with van der Waals surface area (Å²) in [5, 5.41) is 22.5. The van der Waals surface area contributed by atoms with E-state index in [1.165, 1.54) is 23.5 Å². The van der Waals surface area contributed by atoms with Crippen molar-refractivity contribution in [2.75, 3.05) is 0 Å². The fourth-order valence-electron chi connectivity index (χ4n) is 2.09. The highest BCUT2D eigenvalue weighted by Crippen LogP contribution is 2.27. The number of nitro groups is 1. The van der Waals surface area contributed by atoms with Crippen molar-refractivity contribution < 1.29 is 9.34 Å². The van der Waals surface area contributed by atoms with Crippen LogP contribution in [-0.4, -0.2) is 9.91 Å². The maximum Gasteiger partial charge on any atom is 0.269 e. The maximum absolute atomic E-state index is 10.7. The second kappa shape index (κ2) is 6.48. The average molecular weight is 337 g/mol. The number of aromatic nitrogens is 1. The van der Waals surface area contributed by atoms with E-state index >= 15 is 0 Å². The van der Waals surface area contributed by atoms with E-state index in [9.17, 15) is 15.4 Å². The zero-order chi connectivity index (χ0) is 17.1. The van der Waals surface area contributed by atoms with Crippen LogP contribution in [0.1, 0.15) is 16.5 Å². The molecule has 6 nitrogen and oxygen atoms in total. The van der Waals surface area contributed by atoms with Crippen LogP contribution in [0.3, 0.4) is 0 Å². The molecule has 7 heteroatoms. The van der Waals surface area contributed by atoms with Crippen molar-refractivity contribution in [1.29, 1.82) is 5.26 Å². The first-order chi connectivity index (χ1) is 11.6. The molecule has 3 rings (SSSR count). The van der Waals surface area contributed by atoms with Gasteiger partial charge >= 0.3 is 0 Å². The summed E-state index contributed by atoms with van der Waals surface area (Å²) in [6.45, 7) is 1.87. The quantitative estimate of drug-likeness (QED) is 0.391. The number of nitriles is 1. The Morgan fingerprint density at radius 1 is 1.33 bits per heavy atom. The molecule has 118 valence electrons. The summed E-state index contributed by atoms with van der Waals surface area (Å²) in [6.07, 6.45) is 1.63. The first kappa shape index (κ1) is 15.6. The van der Waals surface area contributed by atoms with Gasteiger partial charge in [-0.05, 0) is 31.2 Å². The molecule has 24 heavy (non-hydrogen) atoms. The maximum atomic E-state index is 10.7. The molecule has 1 aromatic carbocycles. The molecule has 0 fully saturated rings. The van der Waals surface area contributed by atoms with Crippen molar-refractivity contribution >= 4 is 28.7 Å². The van der Waals surface area contributed by atoms with Gasteiger partial charge in [0.1, 0.15) is 22.6 Å². The molecule has 0 saturated heterocycles. The Bertz CT molecular complexity index is 962. The van der Waals surface area contributed by atoms with Crippen molar-refractivity contribution in [3.05, 3.63) is 68.4 Å². The Balaban J connectivity index is 1.88. The number of aryl methyl sites for hydroxylation is 1. The fraction of sp³-hybridized carbons (Fsp3) is 0.0588. The average Bonchev–Trinajstić information content (AvgIpc) is 3.21. The number of furan rings is 1. The van der Waals surface area contributed by atoms with Gasteiger partial charge in [0.2, 0.25) is 0 Å². The van der Waals surface area contributed by atoms with Crippen molar-refractivity contribution in [1.82, 2.24) is 4.98 Å². The Kier molecular flexibility index (Phi) is 4.22.